The highest BCUT2D eigenvalue weighted by molar-refractivity contribution is 6.30. The second kappa shape index (κ2) is 10.5. The first-order chi connectivity index (χ1) is 12.1. The SMILES string of the molecule is O=C(CCCc1ccccc1)NCCCC(=O)Nc1ccc(Cl)cc1. The van der Waals surface area contributed by atoms with Gasteiger partial charge >= 0.3 is 0 Å². The molecular weight excluding hydrogens is 336 g/mol. The van der Waals surface area contributed by atoms with Crippen LogP contribution < -0.4 is 10.6 Å². The second-order valence-corrected chi connectivity index (χ2v) is 6.28. The van der Waals surface area contributed by atoms with E-state index in [9.17, 15) is 9.59 Å². The highest BCUT2D eigenvalue weighted by Crippen LogP contribution is 2.13. The molecule has 132 valence electrons. The Balaban J connectivity index is 1.53. The van der Waals surface area contributed by atoms with Gasteiger partial charge in [-0.25, -0.2) is 0 Å². The van der Waals surface area contributed by atoms with Crippen molar-refractivity contribution < 1.29 is 9.59 Å². The van der Waals surface area contributed by atoms with Gasteiger partial charge in [0.1, 0.15) is 0 Å². The molecule has 2 N–H and O–H groups in total. The van der Waals surface area contributed by atoms with Gasteiger partial charge in [0.05, 0.1) is 0 Å². The van der Waals surface area contributed by atoms with Gasteiger partial charge in [0.15, 0.2) is 0 Å². The van der Waals surface area contributed by atoms with E-state index in [-0.39, 0.29) is 11.8 Å². The molecule has 0 fully saturated rings. The number of rotatable bonds is 9. The molecule has 0 aliphatic rings. The van der Waals surface area contributed by atoms with E-state index in [1.54, 1.807) is 24.3 Å². The fourth-order valence-electron chi connectivity index (χ4n) is 2.42. The van der Waals surface area contributed by atoms with Crippen molar-refractivity contribution in [3.63, 3.8) is 0 Å². The Labute approximate surface area is 153 Å². The van der Waals surface area contributed by atoms with E-state index in [4.69, 9.17) is 11.6 Å². The van der Waals surface area contributed by atoms with Crippen LogP contribution in [0, 0.1) is 0 Å². The summed E-state index contributed by atoms with van der Waals surface area (Å²) >= 11 is 5.80. The van der Waals surface area contributed by atoms with Gasteiger partial charge in [0.2, 0.25) is 11.8 Å². The molecule has 25 heavy (non-hydrogen) atoms. The topological polar surface area (TPSA) is 58.2 Å². The third-order valence-electron chi connectivity index (χ3n) is 3.74. The zero-order valence-corrected chi connectivity index (χ0v) is 14.9. The van der Waals surface area contributed by atoms with E-state index in [0.29, 0.717) is 30.8 Å². The monoisotopic (exact) mass is 358 g/mol. The highest BCUT2D eigenvalue weighted by Gasteiger charge is 2.04. The molecule has 0 radical (unpaired) electrons. The maximum atomic E-state index is 11.8. The number of anilines is 1. The Kier molecular flexibility index (Phi) is 7.99. The molecule has 0 bridgehead atoms. The normalized spacial score (nSPS) is 10.3. The van der Waals surface area contributed by atoms with Crippen LogP contribution in [0.1, 0.15) is 31.2 Å². The predicted molar refractivity (Wildman–Crippen MR) is 102 cm³/mol. The summed E-state index contributed by atoms with van der Waals surface area (Å²) in [6.45, 7) is 0.512. The lowest BCUT2D eigenvalue weighted by molar-refractivity contribution is -0.121. The van der Waals surface area contributed by atoms with Gasteiger partial charge in [0, 0.05) is 30.1 Å². The van der Waals surface area contributed by atoms with Crippen molar-refractivity contribution in [2.24, 2.45) is 0 Å². The van der Waals surface area contributed by atoms with Crippen LogP contribution >= 0.6 is 11.6 Å². The zero-order chi connectivity index (χ0) is 17.9. The number of amides is 2. The number of nitrogens with one attached hydrogen (secondary N) is 2. The molecule has 0 heterocycles. The fourth-order valence-corrected chi connectivity index (χ4v) is 2.55. The summed E-state index contributed by atoms with van der Waals surface area (Å²) < 4.78 is 0. The number of carbonyl (C=O) groups excluding carboxylic acids is 2. The lowest BCUT2D eigenvalue weighted by Gasteiger charge is -2.07. The van der Waals surface area contributed by atoms with Crippen LogP contribution in [-0.4, -0.2) is 18.4 Å². The largest absolute Gasteiger partial charge is 0.356 e. The van der Waals surface area contributed by atoms with Gasteiger partial charge in [-0.3, -0.25) is 9.59 Å². The molecule has 0 saturated heterocycles. The molecule has 2 aromatic carbocycles. The van der Waals surface area contributed by atoms with Crippen LogP contribution in [0.15, 0.2) is 54.6 Å². The summed E-state index contributed by atoms with van der Waals surface area (Å²) in [4.78, 5) is 23.6. The first kappa shape index (κ1) is 19.0. The number of hydrogen-bond donors (Lipinski definition) is 2. The minimum absolute atomic E-state index is 0.0361. The van der Waals surface area contributed by atoms with E-state index in [1.165, 1.54) is 5.56 Å². The average molecular weight is 359 g/mol. The van der Waals surface area contributed by atoms with E-state index in [0.717, 1.165) is 18.5 Å². The lowest BCUT2D eigenvalue weighted by Crippen LogP contribution is -2.25. The van der Waals surface area contributed by atoms with Crippen molar-refractivity contribution in [3.05, 3.63) is 65.2 Å². The molecule has 0 aliphatic carbocycles. The van der Waals surface area contributed by atoms with Crippen LogP contribution in [0.5, 0.6) is 0 Å². The highest BCUT2D eigenvalue weighted by atomic mass is 35.5. The second-order valence-electron chi connectivity index (χ2n) is 5.85. The van der Waals surface area contributed by atoms with Crippen molar-refractivity contribution in [2.75, 3.05) is 11.9 Å². The molecule has 0 spiro atoms. The van der Waals surface area contributed by atoms with Crippen molar-refractivity contribution in [3.8, 4) is 0 Å². The van der Waals surface area contributed by atoms with Crippen LogP contribution in [0.4, 0.5) is 5.69 Å². The van der Waals surface area contributed by atoms with Crippen LogP contribution in [0.25, 0.3) is 0 Å². The van der Waals surface area contributed by atoms with Crippen LogP contribution in [0.3, 0.4) is 0 Å². The predicted octanol–water partition coefficient (Wildman–Crippen LogP) is 4.20. The van der Waals surface area contributed by atoms with E-state index in [1.807, 2.05) is 18.2 Å². The smallest absolute Gasteiger partial charge is 0.224 e. The Morgan fingerprint density at radius 1 is 0.840 bits per heavy atom. The Bertz CT molecular complexity index is 672. The molecule has 0 atom stereocenters. The maximum absolute atomic E-state index is 11.8. The van der Waals surface area contributed by atoms with Gasteiger partial charge in [0.25, 0.3) is 0 Å². The molecule has 0 saturated carbocycles. The number of carbonyl (C=O) groups is 2. The summed E-state index contributed by atoms with van der Waals surface area (Å²) in [6.07, 6.45) is 3.22. The van der Waals surface area contributed by atoms with Gasteiger partial charge in [-0.05, 0) is 49.1 Å². The van der Waals surface area contributed by atoms with Crippen molar-refractivity contribution in [1.82, 2.24) is 5.32 Å². The first-order valence-corrected chi connectivity index (χ1v) is 8.87. The quantitative estimate of drug-likeness (QED) is 0.660. The van der Waals surface area contributed by atoms with Crippen molar-refractivity contribution in [1.29, 1.82) is 0 Å². The maximum Gasteiger partial charge on any atom is 0.224 e. The van der Waals surface area contributed by atoms with Gasteiger partial charge < -0.3 is 10.6 Å². The van der Waals surface area contributed by atoms with Crippen molar-refractivity contribution in [2.45, 2.75) is 32.1 Å². The Morgan fingerprint density at radius 3 is 2.24 bits per heavy atom. The summed E-state index contributed by atoms with van der Waals surface area (Å²) in [5.41, 5.74) is 1.97. The number of aryl methyl sites for hydroxylation is 1. The molecule has 5 heteroatoms. The van der Waals surface area contributed by atoms with Gasteiger partial charge in [-0.15, -0.1) is 0 Å². The Hall–Kier alpha value is -2.33. The molecular formula is C20H23ClN2O2. The average Bonchev–Trinajstić information content (AvgIpc) is 2.62. The summed E-state index contributed by atoms with van der Waals surface area (Å²) in [7, 11) is 0. The molecule has 0 aromatic heterocycles. The van der Waals surface area contributed by atoms with Crippen molar-refractivity contribution >= 4 is 29.1 Å². The Morgan fingerprint density at radius 2 is 1.52 bits per heavy atom. The fraction of sp³-hybridized carbons (Fsp3) is 0.300. The van der Waals surface area contributed by atoms with E-state index >= 15 is 0 Å². The molecule has 4 nitrogen and oxygen atoms in total. The molecule has 2 amide bonds. The number of benzene rings is 2. The minimum atomic E-state index is -0.0688. The summed E-state index contributed by atoms with van der Waals surface area (Å²) in [6, 6.07) is 17.1. The van der Waals surface area contributed by atoms with Gasteiger partial charge in [-0.1, -0.05) is 41.9 Å². The third kappa shape index (κ3) is 7.86. The lowest BCUT2D eigenvalue weighted by atomic mass is 10.1. The molecule has 0 aliphatic heterocycles. The standard InChI is InChI=1S/C20H23ClN2O2/c21-17-11-13-18(14-12-17)23-20(25)10-5-15-22-19(24)9-4-8-16-6-2-1-3-7-16/h1-3,6-7,11-14H,4-5,8-10,15H2,(H,22,24)(H,23,25). The third-order valence-corrected chi connectivity index (χ3v) is 3.99. The van der Waals surface area contributed by atoms with Crippen LogP contribution in [0.2, 0.25) is 5.02 Å². The molecule has 2 rings (SSSR count). The van der Waals surface area contributed by atoms with Gasteiger partial charge in [-0.2, -0.15) is 0 Å². The number of halogens is 1. The summed E-state index contributed by atoms with van der Waals surface area (Å²) in [5, 5.41) is 6.29. The summed E-state index contributed by atoms with van der Waals surface area (Å²) in [5.74, 6) is -0.0327. The molecule has 2 aromatic rings. The zero-order valence-electron chi connectivity index (χ0n) is 14.1. The number of hydrogen-bond acceptors (Lipinski definition) is 2. The molecule has 0 unspecified atom stereocenters. The van der Waals surface area contributed by atoms with Crippen LogP contribution in [-0.2, 0) is 16.0 Å². The minimum Gasteiger partial charge on any atom is -0.356 e. The van der Waals surface area contributed by atoms with E-state index < -0.39 is 0 Å². The van der Waals surface area contributed by atoms with E-state index in [2.05, 4.69) is 22.8 Å². The first-order valence-electron chi connectivity index (χ1n) is 8.49.